The minimum atomic E-state index is -3.58. The number of aromatic nitrogens is 1. The zero-order chi connectivity index (χ0) is 20.6. The van der Waals surface area contributed by atoms with Gasteiger partial charge in [-0.1, -0.05) is 19.1 Å². The molecule has 1 N–H and O–H groups in total. The van der Waals surface area contributed by atoms with Gasteiger partial charge in [0.1, 0.15) is 10.6 Å². The van der Waals surface area contributed by atoms with Gasteiger partial charge in [0, 0.05) is 32.0 Å². The quantitative estimate of drug-likeness (QED) is 0.830. The monoisotopic (exact) mass is 415 g/mol. The molecule has 1 amide bonds. The van der Waals surface area contributed by atoms with Crippen molar-refractivity contribution in [1.82, 2.24) is 8.87 Å². The molecule has 2 heterocycles. The first-order chi connectivity index (χ1) is 13.9. The first kappa shape index (κ1) is 20.2. The molecule has 1 fully saturated rings. The maximum absolute atomic E-state index is 13.1. The summed E-state index contributed by atoms with van der Waals surface area (Å²) in [7, 11) is -1.87. The molecule has 0 spiro atoms. The van der Waals surface area contributed by atoms with Gasteiger partial charge in [-0.15, -0.1) is 0 Å². The van der Waals surface area contributed by atoms with E-state index in [4.69, 9.17) is 0 Å². The molecule has 156 valence electrons. The van der Waals surface area contributed by atoms with Crippen LogP contribution in [0.3, 0.4) is 0 Å². The third kappa shape index (κ3) is 3.98. The number of aryl methyl sites for hydroxylation is 2. The van der Waals surface area contributed by atoms with E-state index in [1.54, 1.807) is 22.1 Å². The standard InChI is InChI=1S/C22H29N3O3S/c1-16-7-6-12-25(14-16)29(27,28)18-13-21(24(2)15-18)22(26)23-20-11-5-9-17-8-3-4-10-19(17)20/h5,9,11,13,15-16H,3-4,6-8,10,12,14H2,1-2H3,(H,23,26)/t16-/m1/s1. The average Bonchev–Trinajstić information content (AvgIpc) is 3.11. The van der Waals surface area contributed by atoms with Crippen molar-refractivity contribution < 1.29 is 13.2 Å². The highest BCUT2D eigenvalue weighted by Crippen LogP contribution is 2.29. The lowest BCUT2D eigenvalue weighted by atomic mass is 9.90. The SMILES string of the molecule is C[C@@H]1CCCN(S(=O)(=O)c2cc(C(=O)Nc3cccc4c3CCCC4)n(C)c2)C1. The number of nitrogens with zero attached hydrogens (tertiary/aromatic N) is 2. The highest BCUT2D eigenvalue weighted by Gasteiger charge is 2.30. The van der Waals surface area contributed by atoms with Crippen molar-refractivity contribution >= 4 is 21.6 Å². The van der Waals surface area contributed by atoms with Gasteiger partial charge in [0.05, 0.1) is 0 Å². The fraction of sp³-hybridized carbons (Fsp3) is 0.500. The molecule has 6 nitrogen and oxygen atoms in total. The van der Waals surface area contributed by atoms with Crippen molar-refractivity contribution in [3.05, 3.63) is 47.3 Å². The van der Waals surface area contributed by atoms with Crippen LogP contribution in [0.4, 0.5) is 5.69 Å². The number of benzene rings is 1. The van der Waals surface area contributed by atoms with E-state index in [1.165, 1.54) is 23.6 Å². The second-order valence-electron chi connectivity index (χ2n) is 8.39. The molecule has 2 aromatic rings. The summed E-state index contributed by atoms with van der Waals surface area (Å²) in [6.45, 7) is 3.15. The van der Waals surface area contributed by atoms with Gasteiger partial charge in [-0.3, -0.25) is 4.79 Å². The Labute approximate surface area is 173 Å². The lowest BCUT2D eigenvalue weighted by molar-refractivity contribution is 0.101. The molecule has 7 heteroatoms. The molecule has 29 heavy (non-hydrogen) atoms. The largest absolute Gasteiger partial charge is 0.345 e. The summed E-state index contributed by atoms with van der Waals surface area (Å²) >= 11 is 0. The Kier molecular flexibility index (Phi) is 5.53. The van der Waals surface area contributed by atoms with Gasteiger partial charge in [-0.2, -0.15) is 4.31 Å². The summed E-state index contributed by atoms with van der Waals surface area (Å²) in [5, 5.41) is 3.01. The maximum atomic E-state index is 13.1. The molecule has 1 aliphatic heterocycles. The number of rotatable bonds is 4. The first-order valence-corrected chi connectivity index (χ1v) is 11.9. The van der Waals surface area contributed by atoms with Crippen LogP contribution in [0.1, 0.15) is 54.2 Å². The molecule has 0 radical (unpaired) electrons. The fourth-order valence-corrected chi connectivity index (χ4v) is 6.17. The molecule has 0 unspecified atom stereocenters. The zero-order valence-corrected chi connectivity index (χ0v) is 18.0. The number of fused-ring (bicyclic) bond motifs is 1. The molecule has 2 aliphatic rings. The van der Waals surface area contributed by atoms with Crippen LogP contribution in [0.5, 0.6) is 0 Å². The van der Waals surface area contributed by atoms with E-state index in [1.807, 2.05) is 12.1 Å². The Morgan fingerprint density at radius 1 is 1.17 bits per heavy atom. The van der Waals surface area contributed by atoms with E-state index in [0.717, 1.165) is 37.8 Å². The second-order valence-corrected chi connectivity index (χ2v) is 10.3. The number of anilines is 1. The van der Waals surface area contributed by atoms with E-state index in [2.05, 4.69) is 18.3 Å². The molecule has 1 atom stereocenters. The predicted molar refractivity (Wildman–Crippen MR) is 114 cm³/mol. The van der Waals surface area contributed by atoms with Crippen LogP contribution in [0, 0.1) is 5.92 Å². The van der Waals surface area contributed by atoms with Gasteiger partial charge in [-0.25, -0.2) is 8.42 Å². The van der Waals surface area contributed by atoms with Crippen molar-refractivity contribution in [3.8, 4) is 0 Å². The molecular weight excluding hydrogens is 386 g/mol. The van der Waals surface area contributed by atoms with Crippen molar-refractivity contribution in [2.24, 2.45) is 13.0 Å². The zero-order valence-electron chi connectivity index (χ0n) is 17.1. The van der Waals surface area contributed by atoms with E-state index in [0.29, 0.717) is 24.7 Å². The number of nitrogens with one attached hydrogen (secondary N) is 1. The normalized spacial score (nSPS) is 20.3. The van der Waals surface area contributed by atoms with E-state index >= 15 is 0 Å². The Morgan fingerprint density at radius 2 is 1.97 bits per heavy atom. The third-order valence-corrected chi connectivity index (χ3v) is 7.94. The smallest absolute Gasteiger partial charge is 0.272 e. The number of hydrogen-bond donors (Lipinski definition) is 1. The molecule has 4 rings (SSSR count). The summed E-state index contributed by atoms with van der Waals surface area (Å²) in [5.41, 5.74) is 3.68. The Morgan fingerprint density at radius 3 is 2.76 bits per heavy atom. The minimum absolute atomic E-state index is 0.189. The van der Waals surface area contributed by atoms with Crippen LogP contribution in [0.25, 0.3) is 0 Å². The van der Waals surface area contributed by atoms with Crippen LogP contribution >= 0.6 is 0 Å². The molecule has 1 aromatic heterocycles. The van der Waals surface area contributed by atoms with Crippen molar-refractivity contribution in [2.75, 3.05) is 18.4 Å². The topological polar surface area (TPSA) is 71.4 Å². The molecule has 0 bridgehead atoms. The molecule has 1 aromatic carbocycles. The molecule has 1 saturated heterocycles. The van der Waals surface area contributed by atoms with Gasteiger partial charge in [0.15, 0.2) is 0 Å². The van der Waals surface area contributed by atoms with Crippen molar-refractivity contribution in [1.29, 1.82) is 0 Å². The van der Waals surface area contributed by atoms with Crippen LogP contribution in [0.2, 0.25) is 0 Å². The Bertz CT molecular complexity index is 1030. The van der Waals surface area contributed by atoms with E-state index in [-0.39, 0.29) is 10.8 Å². The number of carbonyl (C=O) groups excluding carboxylic acids is 1. The fourth-order valence-electron chi connectivity index (χ4n) is 4.50. The van der Waals surface area contributed by atoms with Gasteiger partial charge in [0.25, 0.3) is 5.91 Å². The summed E-state index contributed by atoms with van der Waals surface area (Å²) in [5.74, 6) is 0.0780. The van der Waals surface area contributed by atoms with Gasteiger partial charge in [0.2, 0.25) is 10.0 Å². The van der Waals surface area contributed by atoms with Crippen molar-refractivity contribution in [3.63, 3.8) is 0 Å². The van der Waals surface area contributed by atoms with E-state index < -0.39 is 10.0 Å². The lowest BCUT2D eigenvalue weighted by Crippen LogP contribution is -2.38. The van der Waals surface area contributed by atoms with Crippen molar-refractivity contribution in [2.45, 2.75) is 50.3 Å². The third-order valence-electron chi connectivity index (χ3n) is 6.11. The van der Waals surface area contributed by atoms with Crippen LogP contribution in [0.15, 0.2) is 35.4 Å². The molecular formula is C22H29N3O3S. The summed E-state index contributed by atoms with van der Waals surface area (Å²) < 4.78 is 29.3. The molecule has 0 saturated carbocycles. The lowest BCUT2D eigenvalue weighted by Gasteiger charge is -2.29. The Hall–Kier alpha value is -2.12. The van der Waals surface area contributed by atoms with Gasteiger partial charge < -0.3 is 9.88 Å². The Balaban J connectivity index is 1.57. The number of hydrogen-bond acceptors (Lipinski definition) is 3. The second kappa shape index (κ2) is 7.95. The van der Waals surface area contributed by atoms with Crippen LogP contribution < -0.4 is 5.32 Å². The summed E-state index contributed by atoms with van der Waals surface area (Å²) in [6, 6.07) is 7.52. The molecule has 1 aliphatic carbocycles. The van der Waals surface area contributed by atoms with Crippen LogP contribution in [-0.2, 0) is 29.9 Å². The van der Waals surface area contributed by atoms with Crippen LogP contribution in [-0.4, -0.2) is 36.3 Å². The number of carbonyl (C=O) groups is 1. The van der Waals surface area contributed by atoms with E-state index in [9.17, 15) is 13.2 Å². The number of piperidine rings is 1. The first-order valence-electron chi connectivity index (χ1n) is 10.4. The maximum Gasteiger partial charge on any atom is 0.272 e. The number of amides is 1. The van der Waals surface area contributed by atoms with Gasteiger partial charge >= 0.3 is 0 Å². The average molecular weight is 416 g/mol. The summed E-state index contributed by atoms with van der Waals surface area (Å²) in [6.07, 6.45) is 7.78. The summed E-state index contributed by atoms with van der Waals surface area (Å²) in [4.78, 5) is 13.1. The minimum Gasteiger partial charge on any atom is -0.345 e. The predicted octanol–water partition coefficient (Wildman–Crippen LogP) is 3.58. The number of sulfonamides is 1. The van der Waals surface area contributed by atoms with Gasteiger partial charge in [-0.05, 0) is 67.7 Å². The highest BCUT2D eigenvalue weighted by atomic mass is 32.2. The highest BCUT2D eigenvalue weighted by molar-refractivity contribution is 7.89.